The molecule has 4 nitrogen and oxygen atoms in total. The summed E-state index contributed by atoms with van der Waals surface area (Å²) < 4.78 is 1.85. The van der Waals surface area contributed by atoms with Gasteiger partial charge in [-0.3, -0.25) is 9.67 Å². The summed E-state index contributed by atoms with van der Waals surface area (Å²) in [5.74, 6) is 0. The molecule has 0 amide bonds. The normalized spacial score (nSPS) is 12.7. The third-order valence-corrected chi connectivity index (χ3v) is 3.62. The second kappa shape index (κ2) is 6.06. The molecule has 2 heterocycles. The summed E-state index contributed by atoms with van der Waals surface area (Å²) in [6.45, 7) is 3.13. The molecule has 0 saturated heterocycles. The molecule has 0 fully saturated rings. The molecule has 0 radical (unpaired) electrons. The van der Waals surface area contributed by atoms with E-state index in [9.17, 15) is 0 Å². The van der Waals surface area contributed by atoms with E-state index < -0.39 is 0 Å². The van der Waals surface area contributed by atoms with Gasteiger partial charge < -0.3 is 5.32 Å². The largest absolute Gasteiger partial charge is 0.305 e. The van der Waals surface area contributed by atoms with Crippen LogP contribution in [0.25, 0.3) is 10.9 Å². The Morgan fingerprint density at radius 2 is 2.10 bits per heavy atom. The fraction of sp³-hybridized carbons (Fsp3) is 0.294. The molecule has 1 aromatic carbocycles. The fourth-order valence-electron chi connectivity index (χ4n) is 2.63. The number of nitrogens with one attached hydrogen (secondary N) is 1. The molecular weight excluding hydrogens is 260 g/mol. The minimum atomic E-state index is 0.0963. The van der Waals surface area contributed by atoms with Crippen molar-refractivity contribution in [1.29, 1.82) is 0 Å². The average Bonchev–Trinajstić information content (AvgIpc) is 2.94. The molecule has 4 heteroatoms. The van der Waals surface area contributed by atoms with E-state index in [0.29, 0.717) is 0 Å². The Labute approximate surface area is 124 Å². The molecule has 3 aromatic rings. The third kappa shape index (κ3) is 2.81. The van der Waals surface area contributed by atoms with Gasteiger partial charge in [-0.1, -0.05) is 25.1 Å². The number of aryl methyl sites for hydroxylation is 1. The minimum Gasteiger partial charge on any atom is -0.305 e. The van der Waals surface area contributed by atoms with E-state index in [1.54, 1.807) is 0 Å². The first kappa shape index (κ1) is 13.8. The van der Waals surface area contributed by atoms with Gasteiger partial charge in [0.25, 0.3) is 0 Å². The van der Waals surface area contributed by atoms with Gasteiger partial charge in [-0.05, 0) is 36.7 Å². The SMILES string of the molecule is CCCNC(c1ccn(C)n1)c1cccc2ncccc12. The van der Waals surface area contributed by atoms with E-state index in [2.05, 4.69) is 46.6 Å². The van der Waals surface area contributed by atoms with Gasteiger partial charge in [0.05, 0.1) is 17.3 Å². The lowest BCUT2D eigenvalue weighted by Gasteiger charge is -2.18. The first-order chi connectivity index (χ1) is 10.3. The molecule has 108 valence electrons. The molecule has 0 aliphatic heterocycles. The van der Waals surface area contributed by atoms with Crippen molar-refractivity contribution in [3.8, 4) is 0 Å². The van der Waals surface area contributed by atoms with Crippen molar-refractivity contribution >= 4 is 10.9 Å². The molecule has 1 N–H and O–H groups in total. The van der Waals surface area contributed by atoms with E-state index in [1.165, 1.54) is 10.9 Å². The van der Waals surface area contributed by atoms with Crippen LogP contribution in [0, 0.1) is 0 Å². The first-order valence-electron chi connectivity index (χ1n) is 7.36. The van der Waals surface area contributed by atoms with E-state index >= 15 is 0 Å². The molecule has 1 unspecified atom stereocenters. The standard InChI is InChI=1S/C17H20N4/c1-3-10-19-17(16-9-12-21(2)20-16)14-6-4-8-15-13(14)7-5-11-18-15/h4-9,11-12,17,19H,3,10H2,1-2H3. The van der Waals surface area contributed by atoms with Gasteiger partial charge in [-0.25, -0.2) is 0 Å². The zero-order valence-electron chi connectivity index (χ0n) is 12.5. The van der Waals surface area contributed by atoms with Crippen molar-refractivity contribution < 1.29 is 0 Å². The molecular formula is C17H20N4. The minimum absolute atomic E-state index is 0.0963. The zero-order valence-corrected chi connectivity index (χ0v) is 12.5. The third-order valence-electron chi connectivity index (χ3n) is 3.62. The highest BCUT2D eigenvalue weighted by Gasteiger charge is 2.18. The van der Waals surface area contributed by atoms with Crippen molar-refractivity contribution in [2.24, 2.45) is 7.05 Å². The number of hydrogen-bond acceptors (Lipinski definition) is 3. The maximum Gasteiger partial charge on any atom is 0.0839 e. The Bertz CT molecular complexity index is 727. The number of fused-ring (bicyclic) bond motifs is 1. The van der Waals surface area contributed by atoms with Crippen LogP contribution in [-0.2, 0) is 7.05 Å². The molecule has 0 saturated carbocycles. The van der Waals surface area contributed by atoms with Gasteiger partial charge in [0.1, 0.15) is 0 Å². The maximum absolute atomic E-state index is 4.58. The molecule has 2 aromatic heterocycles. The van der Waals surface area contributed by atoms with Crippen molar-refractivity contribution in [3.05, 3.63) is 60.0 Å². The van der Waals surface area contributed by atoms with Crippen LogP contribution in [-0.4, -0.2) is 21.3 Å². The highest BCUT2D eigenvalue weighted by molar-refractivity contribution is 5.82. The number of hydrogen-bond donors (Lipinski definition) is 1. The Kier molecular flexibility index (Phi) is 3.97. The summed E-state index contributed by atoms with van der Waals surface area (Å²) in [5, 5.41) is 9.36. The predicted molar refractivity (Wildman–Crippen MR) is 85.1 cm³/mol. The molecule has 0 bridgehead atoms. The topological polar surface area (TPSA) is 42.7 Å². The van der Waals surface area contributed by atoms with Gasteiger partial charge in [0, 0.05) is 24.8 Å². The zero-order chi connectivity index (χ0) is 14.7. The van der Waals surface area contributed by atoms with Gasteiger partial charge >= 0.3 is 0 Å². The quantitative estimate of drug-likeness (QED) is 0.781. The second-order valence-corrected chi connectivity index (χ2v) is 5.22. The summed E-state index contributed by atoms with van der Waals surface area (Å²) in [7, 11) is 1.95. The van der Waals surface area contributed by atoms with Gasteiger partial charge in [0.15, 0.2) is 0 Å². The van der Waals surface area contributed by atoms with Crippen LogP contribution in [0.15, 0.2) is 48.8 Å². The van der Waals surface area contributed by atoms with Crippen LogP contribution in [0.2, 0.25) is 0 Å². The Hall–Kier alpha value is -2.20. The van der Waals surface area contributed by atoms with Crippen molar-refractivity contribution in [2.45, 2.75) is 19.4 Å². The monoisotopic (exact) mass is 280 g/mol. The average molecular weight is 280 g/mol. The summed E-state index contributed by atoms with van der Waals surface area (Å²) in [6, 6.07) is 12.6. The lowest BCUT2D eigenvalue weighted by molar-refractivity contribution is 0.578. The van der Waals surface area contributed by atoms with Gasteiger partial charge in [-0.2, -0.15) is 5.10 Å². The molecule has 3 rings (SSSR count). The second-order valence-electron chi connectivity index (χ2n) is 5.22. The van der Waals surface area contributed by atoms with Crippen LogP contribution >= 0.6 is 0 Å². The van der Waals surface area contributed by atoms with Crippen LogP contribution in [0.1, 0.15) is 30.6 Å². The van der Waals surface area contributed by atoms with Gasteiger partial charge in [0.2, 0.25) is 0 Å². The highest BCUT2D eigenvalue weighted by Crippen LogP contribution is 2.27. The van der Waals surface area contributed by atoms with Crippen molar-refractivity contribution in [3.63, 3.8) is 0 Å². The highest BCUT2D eigenvalue weighted by atomic mass is 15.3. The molecule has 0 spiro atoms. The number of pyridine rings is 1. The van der Waals surface area contributed by atoms with Crippen LogP contribution in [0.3, 0.4) is 0 Å². The molecule has 0 aliphatic rings. The summed E-state index contributed by atoms with van der Waals surface area (Å²) >= 11 is 0. The molecule has 21 heavy (non-hydrogen) atoms. The smallest absolute Gasteiger partial charge is 0.0839 e. The van der Waals surface area contributed by atoms with Gasteiger partial charge in [-0.15, -0.1) is 0 Å². The van der Waals surface area contributed by atoms with Crippen LogP contribution in [0.4, 0.5) is 0 Å². The summed E-state index contributed by atoms with van der Waals surface area (Å²) in [6.07, 6.45) is 4.91. The number of rotatable bonds is 5. The fourth-order valence-corrected chi connectivity index (χ4v) is 2.63. The lowest BCUT2D eigenvalue weighted by Crippen LogP contribution is -2.24. The Morgan fingerprint density at radius 3 is 2.86 bits per heavy atom. The van der Waals surface area contributed by atoms with Crippen LogP contribution < -0.4 is 5.32 Å². The van der Waals surface area contributed by atoms with E-state index in [-0.39, 0.29) is 6.04 Å². The lowest BCUT2D eigenvalue weighted by atomic mass is 9.99. The van der Waals surface area contributed by atoms with Crippen molar-refractivity contribution in [2.75, 3.05) is 6.54 Å². The van der Waals surface area contributed by atoms with E-state index in [1.807, 2.05) is 36.3 Å². The van der Waals surface area contributed by atoms with Crippen molar-refractivity contribution in [1.82, 2.24) is 20.1 Å². The number of benzene rings is 1. The molecule has 0 aliphatic carbocycles. The summed E-state index contributed by atoms with van der Waals surface area (Å²) in [4.78, 5) is 4.45. The summed E-state index contributed by atoms with van der Waals surface area (Å²) in [5.41, 5.74) is 3.30. The molecule has 1 atom stereocenters. The Balaban J connectivity index is 2.09. The van der Waals surface area contributed by atoms with E-state index in [4.69, 9.17) is 0 Å². The predicted octanol–water partition coefficient (Wildman–Crippen LogP) is 3.06. The first-order valence-corrected chi connectivity index (χ1v) is 7.36. The van der Waals surface area contributed by atoms with Crippen LogP contribution in [0.5, 0.6) is 0 Å². The van der Waals surface area contributed by atoms with E-state index in [0.717, 1.165) is 24.2 Å². The Morgan fingerprint density at radius 1 is 1.19 bits per heavy atom. The maximum atomic E-state index is 4.58. The number of nitrogens with zero attached hydrogens (tertiary/aromatic N) is 3. The number of aromatic nitrogens is 3.